The van der Waals surface area contributed by atoms with Crippen LogP contribution in [-0.2, 0) is 4.79 Å². The molecule has 3 N–H and O–H groups in total. The van der Waals surface area contributed by atoms with Crippen LogP contribution in [0.5, 0.6) is 11.5 Å². The number of Topliss-reactive ketones (excluding diaryl/α,β-unsaturated/α-hetero) is 1. The number of methoxy groups -OCH3 is 2. The number of aryl methyl sites for hydroxylation is 2. The standard InChI is InChI=1S/C32H47O2P.C32H49OP.CH5N.K.H2O/c1-19(2)23-15-25(20(3)4)29(26(16-23)21(5)6)28-22(7)13-14-27(34-12)30(28)35-31(8,9)17-24(33)18-32(35,10)11;1-20(2)24-18-25(21(3)4)29(26(19-24)22(5)6)28-23(7)14-15-27(33-12)30(28)34-31(8,9)16-13-17-32(34,10)11;1-2;;/h13-16,19-21H,17-18H2,1-12H3;14-15,18-22H,13,16-17H2,1-12H3;2H2,1H3;;1H2/q;;;+1;/p-1. The van der Waals surface area contributed by atoms with Crippen molar-refractivity contribution >= 4 is 32.2 Å². The minimum atomic E-state index is -0.696. The van der Waals surface area contributed by atoms with Gasteiger partial charge >= 0.3 is 51.4 Å². The topological polar surface area (TPSA) is 91.5 Å². The third-order valence-corrected chi connectivity index (χ3v) is 23.0. The molecule has 2 aliphatic rings. The summed E-state index contributed by atoms with van der Waals surface area (Å²) in [7, 11) is 4.02. The van der Waals surface area contributed by atoms with Crippen molar-refractivity contribution < 1.29 is 71.1 Å². The van der Waals surface area contributed by atoms with E-state index in [1.165, 1.54) is 104 Å². The normalized spacial score (nSPS) is 17.2. The van der Waals surface area contributed by atoms with E-state index in [2.05, 4.69) is 207 Å². The molecule has 2 fully saturated rings. The first kappa shape index (κ1) is 67.7. The fourth-order valence-electron chi connectivity index (χ4n) is 12.5. The molecule has 0 bridgehead atoms. The van der Waals surface area contributed by atoms with Crippen LogP contribution in [0.25, 0.3) is 22.3 Å². The van der Waals surface area contributed by atoms with Crippen LogP contribution in [0.1, 0.15) is 251 Å². The Hall–Kier alpha value is -1.43. The van der Waals surface area contributed by atoms with Gasteiger partial charge in [0.2, 0.25) is 0 Å². The number of hydrogen-bond donors (Lipinski definition) is 1. The second kappa shape index (κ2) is 27.0. The van der Waals surface area contributed by atoms with Crippen LogP contribution >= 0.6 is 15.8 Å². The van der Waals surface area contributed by atoms with Gasteiger partial charge in [0, 0.05) is 23.5 Å². The van der Waals surface area contributed by atoms with Crippen LogP contribution in [0.15, 0.2) is 48.5 Å². The molecule has 6 rings (SSSR count). The first-order valence-electron chi connectivity index (χ1n) is 27.3. The molecule has 0 spiro atoms. The van der Waals surface area contributed by atoms with Gasteiger partial charge in [0.25, 0.3) is 0 Å². The zero-order valence-electron chi connectivity index (χ0n) is 51.3. The Labute approximate surface area is 493 Å². The van der Waals surface area contributed by atoms with E-state index in [1.54, 1.807) is 7.11 Å². The quantitative estimate of drug-likeness (QED) is 0.113. The number of ketones is 1. The maximum absolute atomic E-state index is 12.8. The summed E-state index contributed by atoms with van der Waals surface area (Å²) in [5.41, 5.74) is 21.6. The van der Waals surface area contributed by atoms with E-state index in [0.717, 1.165) is 11.5 Å². The van der Waals surface area contributed by atoms with Crippen molar-refractivity contribution in [1.82, 2.24) is 0 Å². The molecular weight excluding hydrogens is 960 g/mol. The van der Waals surface area contributed by atoms with Crippen molar-refractivity contribution in [3.8, 4) is 33.8 Å². The molecule has 73 heavy (non-hydrogen) atoms. The molecule has 0 radical (unpaired) electrons. The third-order valence-electron chi connectivity index (χ3n) is 15.6. The number of hydrogen-bond acceptors (Lipinski definition) is 5. The van der Waals surface area contributed by atoms with Crippen molar-refractivity contribution in [3.63, 3.8) is 0 Å². The van der Waals surface area contributed by atoms with Crippen molar-refractivity contribution in [2.45, 2.75) is 241 Å². The summed E-state index contributed by atoms with van der Waals surface area (Å²) in [6, 6.07) is 18.8. The summed E-state index contributed by atoms with van der Waals surface area (Å²) in [5, 5.41) is 3.22. The van der Waals surface area contributed by atoms with E-state index in [9.17, 15) is 4.79 Å². The van der Waals surface area contributed by atoms with E-state index in [0.29, 0.717) is 54.1 Å². The molecular formula is C65H102KNO4P2. The maximum Gasteiger partial charge on any atom is 1.00 e. The molecule has 0 aromatic heterocycles. The SMILES string of the molecule is CN.COc1ccc(C)c(-c2c(C(C)C)cc(C(C)C)cc2C(C)C)c1P1C(C)(C)CC(=O)CC1(C)C.COc1ccc(C)c(-c2c(C(C)C)cc(C(C)C)cc2C(C)C)c1P1C(C)(C)CCCC1(C)C.[K+].[OH-]. The van der Waals surface area contributed by atoms with Crippen LogP contribution in [-0.4, -0.2) is 53.2 Å². The first-order chi connectivity index (χ1) is 32.8. The van der Waals surface area contributed by atoms with Gasteiger partial charge in [-0.3, -0.25) is 4.79 Å². The second-order valence-corrected chi connectivity index (χ2v) is 32.4. The third kappa shape index (κ3) is 14.6. The summed E-state index contributed by atoms with van der Waals surface area (Å²) < 4.78 is 12.3. The average Bonchev–Trinajstić information content (AvgIpc) is 3.25. The number of benzene rings is 4. The molecule has 0 aliphatic carbocycles. The zero-order valence-corrected chi connectivity index (χ0v) is 56.2. The number of carbonyl (C=O) groups excluding carboxylic acids is 1. The number of rotatable bonds is 12. The Bertz CT molecular complexity index is 2400. The van der Waals surface area contributed by atoms with Gasteiger partial charge < -0.3 is 20.7 Å². The molecule has 0 atom stereocenters. The van der Waals surface area contributed by atoms with E-state index in [4.69, 9.17) is 9.47 Å². The van der Waals surface area contributed by atoms with Gasteiger partial charge in [-0.25, -0.2) is 0 Å². The summed E-state index contributed by atoms with van der Waals surface area (Å²) in [4.78, 5) is 12.8. The molecule has 8 heteroatoms. The minimum absolute atomic E-state index is 0. The Balaban J connectivity index is 0.000000471. The van der Waals surface area contributed by atoms with Gasteiger partial charge in [-0.05, 0) is 169 Å². The van der Waals surface area contributed by atoms with Crippen LogP contribution < -0.4 is 77.2 Å². The van der Waals surface area contributed by atoms with Gasteiger partial charge in [0.05, 0.1) is 14.2 Å². The Morgan fingerprint density at radius 3 is 0.986 bits per heavy atom. The van der Waals surface area contributed by atoms with Crippen LogP contribution in [0.3, 0.4) is 0 Å². The van der Waals surface area contributed by atoms with Crippen LogP contribution in [0.4, 0.5) is 0 Å². The van der Waals surface area contributed by atoms with Crippen molar-refractivity contribution in [1.29, 1.82) is 0 Å². The largest absolute Gasteiger partial charge is 1.00 e. The van der Waals surface area contributed by atoms with Crippen LogP contribution in [0, 0.1) is 13.8 Å². The Morgan fingerprint density at radius 1 is 0.466 bits per heavy atom. The van der Waals surface area contributed by atoms with Crippen molar-refractivity contribution in [2.75, 3.05) is 21.3 Å². The number of nitrogens with two attached hydrogens (primary N) is 1. The van der Waals surface area contributed by atoms with E-state index >= 15 is 0 Å². The smallest absolute Gasteiger partial charge is 0.870 e. The Kier molecular flexibility index (Phi) is 25.0. The molecule has 2 heterocycles. The molecule has 2 aliphatic heterocycles. The molecule has 402 valence electrons. The molecule has 4 aromatic carbocycles. The fraction of sp³-hybridized carbons (Fsp3) is 0.615. The molecule has 5 nitrogen and oxygen atoms in total. The van der Waals surface area contributed by atoms with E-state index < -0.39 is 15.8 Å². The van der Waals surface area contributed by atoms with Gasteiger partial charge in [-0.15, -0.1) is 0 Å². The van der Waals surface area contributed by atoms with Gasteiger partial charge in [0.15, 0.2) is 0 Å². The van der Waals surface area contributed by atoms with E-state index in [-0.39, 0.29) is 77.5 Å². The first-order valence-corrected chi connectivity index (χ1v) is 29.9. The zero-order chi connectivity index (χ0) is 54.0. The molecule has 0 unspecified atom stereocenters. The van der Waals surface area contributed by atoms with Gasteiger partial charge in [-0.2, -0.15) is 0 Å². The summed E-state index contributed by atoms with van der Waals surface area (Å²) in [5.74, 6) is 5.19. The predicted molar refractivity (Wildman–Crippen MR) is 320 cm³/mol. The molecule has 2 saturated heterocycles. The molecule has 0 amide bonds. The molecule has 0 saturated carbocycles. The average molecular weight is 1060 g/mol. The summed E-state index contributed by atoms with van der Waals surface area (Å²) >= 11 is 0. The summed E-state index contributed by atoms with van der Waals surface area (Å²) in [6.07, 6.45) is 5.18. The number of carbonyl (C=O) groups is 1. The van der Waals surface area contributed by atoms with Crippen molar-refractivity contribution in [2.24, 2.45) is 5.73 Å². The molecule has 4 aromatic rings. The monoisotopic (exact) mass is 1060 g/mol. The minimum Gasteiger partial charge on any atom is -0.870 e. The predicted octanol–water partition coefficient (Wildman–Crippen LogP) is 15.4. The maximum atomic E-state index is 12.8. The number of ether oxygens (including phenoxy) is 2. The van der Waals surface area contributed by atoms with Gasteiger partial charge in [0.1, 0.15) is 17.3 Å². The summed E-state index contributed by atoms with van der Waals surface area (Å²) in [6.45, 7) is 51.8. The van der Waals surface area contributed by atoms with Gasteiger partial charge in [-0.1, -0.05) is 197 Å². The van der Waals surface area contributed by atoms with Crippen molar-refractivity contribution in [3.05, 3.63) is 93.0 Å². The second-order valence-electron chi connectivity index (χ2n) is 25.4. The fourth-order valence-corrected chi connectivity index (χ4v) is 21.4. The van der Waals surface area contributed by atoms with Crippen LogP contribution in [0.2, 0.25) is 0 Å². The Morgan fingerprint density at radius 2 is 0.740 bits per heavy atom. The van der Waals surface area contributed by atoms with E-state index in [1.807, 2.05) is 7.11 Å².